The molecule has 10 rings (SSSR count). The lowest BCUT2D eigenvalue weighted by Crippen LogP contribution is -2.58. The Balaban J connectivity index is 1.21. The predicted octanol–water partition coefficient (Wildman–Crippen LogP) is 5.90. The molecule has 4 aromatic carbocycles. The van der Waals surface area contributed by atoms with Gasteiger partial charge in [0.2, 0.25) is 17.8 Å². The molecule has 2 amide bonds. The van der Waals surface area contributed by atoms with Gasteiger partial charge in [0.15, 0.2) is 0 Å². The zero-order chi connectivity index (χ0) is 44.5. The number of morpholine rings is 1. The number of hydrogen-bond acceptors (Lipinski definition) is 11. The molecule has 5 heterocycles. The van der Waals surface area contributed by atoms with Crippen molar-refractivity contribution in [2.45, 2.75) is 73.8 Å². The number of para-hydroxylation sites is 1. The number of amides is 2. The van der Waals surface area contributed by atoms with Gasteiger partial charge in [0, 0.05) is 55.4 Å². The number of benzene rings is 4. The minimum atomic E-state index is -1.76. The van der Waals surface area contributed by atoms with Crippen LogP contribution in [0.25, 0.3) is 0 Å². The Labute approximate surface area is 378 Å². The summed E-state index contributed by atoms with van der Waals surface area (Å²) >= 11 is 0. The molecule has 5 aromatic rings. The van der Waals surface area contributed by atoms with Crippen molar-refractivity contribution >= 4 is 29.4 Å². The summed E-state index contributed by atoms with van der Waals surface area (Å²) in [6.07, 6.45) is 7.54. The molecule has 13 heteroatoms. The van der Waals surface area contributed by atoms with Gasteiger partial charge in [-0.15, -0.1) is 0 Å². The van der Waals surface area contributed by atoms with E-state index >= 15 is 14.4 Å². The van der Waals surface area contributed by atoms with Crippen LogP contribution >= 0.6 is 0 Å². The standard InChI is InChI=1S/C52H52N6O7/c59-32-33-64-41-19-10-9-18-38(41)46-52(39-34-35(20-21-40(39)55-49(52)62)22-25-51(63)23-11-1-2-12-24-51)42(47(60)56-28-30-57(31-29-56)50-53-26-13-27-54-50)44-48(61)65-45(37-16-7-4-8-17-37)43(58(44)46)36-14-5-3-6-15-36/h3-10,13-21,26-27,34,42-46,59,63H,1-2,11-12,23-24,28-33H2,(H,55,62)/t42-,43-,44-,45+,46+,52-/m0/s1. The van der Waals surface area contributed by atoms with Gasteiger partial charge in [-0.1, -0.05) is 104 Å². The first kappa shape index (κ1) is 42.4. The molecule has 4 aliphatic heterocycles. The Morgan fingerprint density at radius 3 is 2.20 bits per heavy atom. The molecule has 3 N–H and O–H groups in total. The number of esters is 1. The number of piperazine rings is 1. The van der Waals surface area contributed by atoms with E-state index in [1.807, 2.05) is 102 Å². The number of aromatic nitrogens is 2. The fraction of sp³-hybridized carbons (Fsp3) is 0.365. The first-order chi connectivity index (χ1) is 31.8. The van der Waals surface area contributed by atoms with Crippen LogP contribution in [0, 0.1) is 17.8 Å². The van der Waals surface area contributed by atoms with Crippen LogP contribution in [0.4, 0.5) is 11.6 Å². The van der Waals surface area contributed by atoms with Crippen LogP contribution in [0.15, 0.2) is 122 Å². The second-order valence-corrected chi connectivity index (χ2v) is 17.6. The third-order valence-corrected chi connectivity index (χ3v) is 13.9. The van der Waals surface area contributed by atoms with Crippen molar-refractivity contribution in [2.75, 3.05) is 49.6 Å². The quantitative estimate of drug-likeness (QED) is 0.0969. The molecule has 332 valence electrons. The molecule has 0 bridgehead atoms. The highest BCUT2D eigenvalue weighted by atomic mass is 16.6. The van der Waals surface area contributed by atoms with E-state index in [9.17, 15) is 10.2 Å². The summed E-state index contributed by atoms with van der Waals surface area (Å²) in [7, 11) is 0. The second kappa shape index (κ2) is 17.8. The summed E-state index contributed by atoms with van der Waals surface area (Å²) in [4.78, 5) is 61.9. The molecule has 5 aliphatic rings. The molecule has 3 saturated heterocycles. The van der Waals surface area contributed by atoms with E-state index in [2.05, 4.69) is 32.0 Å². The number of rotatable bonds is 8. The maximum absolute atomic E-state index is 16.0. The first-order valence-corrected chi connectivity index (χ1v) is 22.7. The van der Waals surface area contributed by atoms with Crippen molar-refractivity contribution in [1.29, 1.82) is 0 Å². The van der Waals surface area contributed by atoms with Crippen LogP contribution in [0.1, 0.15) is 84.5 Å². The molecule has 1 aromatic heterocycles. The largest absolute Gasteiger partial charge is 0.491 e. The third kappa shape index (κ3) is 7.59. The van der Waals surface area contributed by atoms with Gasteiger partial charge in [-0.05, 0) is 72.7 Å². The van der Waals surface area contributed by atoms with Crippen LogP contribution < -0.4 is 15.0 Å². The van der Waals surface area contributed by atoms with Crippen LogP contribution in [-0.4, -0.2) is 98.8 Å². The molecule has 65 heavy (non-hydrogen) atoms. The summed E-state index contributed by atoms with van der Waals surface area (Å²) in [6, 6.07) is 31.0. The van der Waals surface area contributed by atoms with Crippen molar-refractivity contribution in [3.63, 3.8) is 0 Å². The Kier molecular flexibility index (Phi) is 11.6. The first-order valence-electron chi connectivity index (χ1n) is 22.7. The molecule has 4 fully saturated rings. The zero-order valence-electron chi connectivity index (χ0n) is 36.1. The maximum Gasteiger partial charge on any atom is 0.324 e. The monoisotopic (exact) mass is 872 g/mol. The highest BCUT2D eigenvalue weighted by molar-refractivity contribution is 6.12. The van der Waals surface area contributed by atoms with Crippen LogP contribution in [0.2, 0.25) is 0 Å². The van der Waals surface area contributed by atoms with Gasteiger partial charge in [0.25, 0.3) is 0 Å². The smallest absolute Gasteiger partial charge is 0.324 e. The lowest BCUT2D eigenvalue weighted by Gasteiger charge is -2.46. The van der Waals surface area contributed by atoms with E-state index in [1.54, 1.807) is 29.4 Å². The predicted molar refractivity (Wildman–Crippen MR) is 242 cm³/mol. The van der Waals surface area contributed by atoms with Crippen molar-refractivity contribution < 1.29 is 34.1 Å². The van der Waals surface area contributed by atoms with Gasteiger partial charge in [0.05, 0.1) is 24.6 Å². The molecule has 0 unspecified atom stereocenters. The minimum Gasteiger partial charge on any atom is -0.491 e. The number of nitrogens with one attached hydrogen (secondary N) is 1. The average Bonchev–Trinajstić information content (AvgIpc) is 3.71. The van der Waals surface area contributed by atoms with Crippen molar-refractivity contribution in [3.05, 3.63) is 149 Å². The van der Waals surface area contributed by atoms with E-state index in [4.69, 9.17) is 9.47 Å². The van der Waals surface area contributed by atoms with Crippen molar-refractivity contribution in [2.24, 2.45) is 5.92 Å². The van der Waals surface area contributed by atoms with Gasteiger partial charge < -0.3 is 34.8 Å². The Bertz CT molecular complexity index is 2610. The summed E-state index contributed by atoms with van der Waals surface area (Å²) in [5.74, 6) is 4.72. The van der Waals surface area contributed by atoms with E-state index < -0.39 is 53.0 Å². The number of aliphatic hydroxyl groups excluding tert-OH is 1. The van der Waals surface area contributed by atoms with Crippen molar-refractivity contribution in [3.8, 4) is 17.6 Å². The lowest BCUT2D eigenvalue weighted by atomic mass is 9.64. The minimum absolute atomic E-state index is 0.0276. The Morgan fingerprint density at radius 2 is 1.49 bits per heavy atom. The van der Waals surface area contributed by atoms with Crippen molar-refractivity contribution in [1.82, 2.24) is 19.8 Å². The second-order valence-electron chi connectivity index (χ2n) is 17.6. The molecule has 0 radical (unpaired) electrons. The number of nitrogens with zero attached hydrogens (tertiary/aromatic N) is 5. The summed E-state index contributed by atoms with van der Waals surface area (Å²) in [5, 5.41) is 24.9. The highest BCUT2D eigenvalue weighted by Crippen LogP contribution is 2.66. The van der Waals surface area contributed by atoms with Gasteiger partial charge in [-0.2, -0.15) is 0 Å². The van der Waals surface area contributed by atoms with Crippen LogP contribution in [0.5, 0.6) is 5.75 Å². The number of ether oxygens (including phenoxy) is 2. The van der Waals surface area contributed by atoms with Gasteiger partial charge in [-0.25, -0.2) is 9.97 Å². The number of carbonyl (C=O) groups excluding carboxylic acids is 3. The summed E-state index contributed by atoms with van der Waals surface area (Å²) in [6.45, 7) is 1.16. The van der Waals surface area contributed by atoms with Gasteiger partial charge >= 0.3 is 5.97 Å². The van der Waals surface area contributed by atoms with Crippen LogP contribution in [-0.2, 0) is 24.5 Å². The molecule has 1 aliphatic carbocycles. The SMILES string of the molecule is O=C1O[C@H](c2ccccc2)[C@H](c2ccccc2)N2[C@H]1[C@@H](C(=O)N1CCN(c3ncccn3)CC1)[C@]1(C(=O)Nc3ccc(C#CC4(O)CCCCCC4)cc31)[C@H]2c1ccccc1OCCO. The molecule has 13 nitrogen and oxygen atoms in total. The maximum atomic E-state index is 16.0. The van der Waals surface area contributed by atoms with Gasteiger partial charge in [-0.3, -0.25) is 19.3 Å². The third-order valence-electron chi connectivity index (χ3n) is 13.9. The zero-order valence-corrected chi connectivity index (χ0v) is 36.1. The van der Waals surface area contributed by atoms with Gasteiger partial charge in [0.1, 0.15) is 35.5 Å². The van der Waals surface area contributed by atoms with E-state index in [0.29, 0.717) is 73.1 Å². The highest BCUT2D eigenvalue weighted by Gasteiger charge is 2.74. The average molecular weight is 873 g/mol. The number of anilines is 2. The molecule has 1 saturated carbocycles. The number of cyclic esters (lactones) is 1. The summed E-state index contributed by atoms with van der Waals surface area (Å²) < 4.78 is 12.9. The topological polar surface area (TPSA) is 158 Å². The number of hydrogen-bond donors (Lipinski definition) is 3. The number of aliphatic hydroxyl groups is 2. The lowest BCUT2D eigenvalue weighted by molar-refractivity contribution is -0.179. The fourth-order valence-electron chi connectivity index (χ4n) is 11.0. The number of fused-ring (bicyclic) bond motifs is 3. The fourth-order valence-corrected chi connectivity index (χ4v) is 11.0. The molecule has 1 spiro atoms. The molecular weight excluding hydrogens is 821 g/mol. The van der Waals surface area contributed by atoms with E-state index in [0.717, 1.165) is 36.8 Å². The van der Waals surface area contributed by atoms with E-state index in [1.165, 1.54) is 0 Å². The Morgan fingerprint density at radius 1 is 0.815 bits per heavy atom. The Hall–Kier alpha value is -6.59. The molecular formula is C52H52N6O7. The number of carbonyl (C=O) groups is 3. The molecule has 6 atom stereocenters. The summed E-state index contributed by atoms with van der Waals surface area (Å²) in [5.41, 5.74) is 0.830. The normalized spacial score (nSPS) is 26.0. The van der Waals surface area contributed by atoms with Crippen LogP contribution in [0.3, 0.4) is 0 Å². The van der Waals surface area contributed by atoms with E-state index in [-0.39, 0.29) is 19.1 Å².